The molecule has 8 rings (SSSR count). The topological polar surface area (TPSA) is 69.6 Å². The Morgan fingerprint density at radius 3 is 1.52 bits per heavy atom. The second-order valence-electron chi connectivity index (χ2n) is 9.59. The van der Waals surface area contributed by atoms with Gasteiger partial charge in [0.25, 0.3) is 0 Å². The van der Waals surface area contributed by atoms with Crippen LogP contribution in [0.2, 0.25) is 0 Å². The van der Waals surface area contributed by atoms with Crippen LogP contribution >= 0.6 is 0 Å². The van der Waals surface area contributed by atoms with E-state index >= 15 is 0 Å². The summed E-state index contributed by atoms with van der Waals surface area (Å²) in [5.41, 5.74) is 6.21. The van der Waals surface area contributed by atoms with Gasteiger partial charge in [0.2, 0.25) is 0 Å². The maximum Gasteiger partial charge on any atom is 0.307 e. The molecule has 3 heterocycles. The minimum absolute atomic E-state index is 0.523. The summed E-state index contributed by atoms with van der Waals surface area (Å²) in [6, 6.07) is 43.0. The minimum Gasteiger partial charge on any atom is -0.423 e. The smallest absolute Gasteiger partial charge is 0.307 e. The summed E-state index contributed by atoms with van der Waals surface area (Å²) >= 11 is 0. The lowest BCUT2D eigenvalue weighted by Crippen LogP contribution is -2.00. The van der Waals surface area contributed by atoms with Crippen molar-refractivity contribution < 1.29 is 4.42 Å². The average molecular weight is 516 g/mol. The molecule has 0 aliphatic carbocycles. The second kappa shape index (κ2) is 8.99. The van der Waals surface area contributed by atoms with Crippen LogP contribution in [0, 0.1) is 0 Å². The van der Waals surface area contributed by atoms with Crippen LogP contribution in [-0.4, -0.2) is 24.5 Å². The zero-order valence-electron chi connectivity index (χ0n) is 21.3. The predicted octanol–water partition coefficient (Wildman–Crippen LogP) is 8.11. The quantitative estimate of drug-likeness (QED) is 0.237. The van der Waals surface area contributed by atoms with Gasteiger partial charge >= 0.3 is 6.01 Å². The van der Waals surface area contributed by atoms with Crippen LogP contribution in [0.15, 0.2) is 132 Å². The standard InChI is InChI=1S/C34H21N5O/c1-3-11-22(12-4-1)31-36-32(23-13-5-2-6-14-23)38-33(37-31)24-19-20-27-30(21-24)40-34(35-27)39-28-17-9-7-15-25(28)26-16-8-10-18-29(26)39/h1-21H. The van der Waals surface area contributed by atoms with E-state index in [9.17, 15) is 0 Å². The molecule has 40 heavy (non-hydrogen) atoms. The van der Waals surface area contributed by atoms with Crippen LogP contribution in [0.1, 0.15) is 0 Å². The molecule has 3 aromatic heterocycles. The van der Waals surface area contributed by atoms with Crippen LogP contribution in [0.5, 0.6) is 0 Å². The molecule has 0 spiro atoms. The Bertz CT molecular complexity index is 2050. The van der Waals surface area contributed by atoms with Crippen molar-refractivity contribution in [2.45, 2.75) is 0 Å². The van der Waals surface area contributed by atoms with Gasteiger partial charge in [0.15, 0.2) is 23.1 Å². The molecule has 0 saturated heterocycles. The highest BCUT2D eigenvalue weighted by Crippen LogP contribution is 2.33. The van der Waals surface area contributed by atoms with Gasteiger partial charge in [-0.25, -0.2) is 15.0 Å². The molecule has 0 unspecified atom stereocenters. The molecule has 0 atom stereocenters. The van der Waals surface area contributed by atoms with Crippen LogP contribution in [-0.2, 0) is 0 Å². The highest BCUT2D eigenvalue weighted by molar-refractivity contribution is 6.09. The van der Waals surface area contributed by atoms with Crippen LogP contribution in [0.25, 0.3) is 73.1 Å². The van der Waals surface area contributed by atoms with E-state index < -0.39 is 0 Å². The highest BCUT2D eigenvalue weighted by Gasteiger charge is 2.18. The molecule has 0 aliphatic rings. The Morgan fingerprint density at radius 2 is 0.950 bits per heavy atom. The first-order chi connectivity index (χ1) is 19.8. The van der Waals surface area contributed by atoms with Crippen molar-refractivity contribution in [3.05, 3.63) is 127 Å². The largest absolute Gasteiger partial charge is 0.423 e. The molecule has 0 N–H and O–H groups in total. The number of aromatic nitrogens is 5. The maximum absolute atomic E-state index is 6.40. The van der Waals surface area contributed by atoms with E-state index in [2.05, 4.69) is 41.0 Å². The van der Waals surface area contributed by atoms with Gasteiger partial charge in [-0.05, 0) is 30.3 Å². The van der Waals surface area contributed by atoms with E-state index in [1.165, 1.54) is 0 Å². The molecule has 6 nitrogen and oxygen atoms in total. The van der Waals surface area contributed by atoms with Crippen LogP contribution in [0.3, 0.4) is 0 Å². The van der Waals surface area contributed by atoms with E-state index in [1.54, 1.807) is 0 Å². The molecule has 0 radical (unpaired) electrons. The number of nitrogens with zero attached hydrogens (tertiary/aromatic N) is 5. The van der Waals surface area contributed by atoms with Crippen molar-refractivity contribution in [2.75, 3.05) is 0 Å². The number of benzene rings is 5. The average Bonchev–Trinajstić information content (AvgIpc) is 3.60. The lowest BCUT2D eigenvalue weighted by molar-refractivity contribution is 0.574. The van der Waals surface area contributed by atoms with E-state index in [0.29, 0.717) is 29.1 Å². The summed E-state index contributed by atoms with van der Waals surface area (Å²) in [5, 5.41) is 2.32. The van der Waals surface area contributed by atoms with Gasteiger partial charge in [0.1, 0.15) is 5.52 Å². The summed E-state index contributed by atoms with van der Waals surface area (Å²) in [7, 11) is 0. The Kier molecular flexibility index (Phi) is 5.03. The molecule has 0 saturated carbocycles. The van der Waals surface area contributed by atoms with E-state index in [1.807, 2.05) is 91.0 Å². The first kappa shape index (κ1) is 22.4. The molecule has 188 valence electrons. The number of oxazole rings is 1. The lowest BCUT2D eigenvalue weighted by Gasteiger charge is -2.08. The zero-order chi connectivity index (χ0) is 26.5. The van der Waals surface area contributed by atoms with Crippen LogP contribution < -0.4 is 0 Å². The molecule has 6 heteroatoms. The third-order valence-corrected chi connectivity index (χ3v) is 7.11. The van der Waals surface area contributed by atoms with Crippen molar-refractivity contribution in [1.82, 2.24) is 24.5 Å². The number of rotatable bonds is 4. The SMILES string of the molecule is c1ccc(-c2nc(-c3ccccc3)nc(-c3ccc4nc(-n5c6ccccc6c6ccccc65)oc4c3)n2)cc1. The monoisotopic (exact) mass is 515 g/mol. The van der Waals surface area contributed by atoms with Gasteiger partial charge < -0.3 is 4.42 Å². The second-order valence-corrected chi connectivity index (χ2v) is 9.59. The van der Waals surface area contributed by atoms with Crippen molar-refractivity contribution in [3.8, 4) is 40.2 Å². The third kappa shape index (κ3) is 3.66. The third-order valence-electron chi connectivity index (χ3n) is 7.11. The molecule has 8 aromatic rings. The summed E-state index contributed by atoms with van der Waals surface area (Å²) < 4.78 is 8.48. The number of hydrogen-bond donors (Lipinski definition) is 0. The fraction of sp³-hybridized carbons (Fsp3) is 0. The number of para-hydroxylation sites is 2. The minimum atomic E-state index is 0.523. The lowest BCUT2D eigenvalue weighted by atomic mass is 10.1. The van der Waals surface area contributed by atoms with Gasteiger partial charge in [0.05, 0.1) is 11.0 Å². The molecule has 5 aromatic carbocycles. The predicted molar refractivity (Wildman–Crippen MR) is 158 cm³/mol. The molecule has 0 aliphatic heterocycles. The molecular weight excluding hydrogens is 494 g/mol. The zero-order valence-corrected chi connectivity index (χ0v) is 21.3. The van der Waals surface area contributed by atoms with Gasteiger partial charge in [0, 0.05) is 27.5 Å². The highest BCUT2D eigenvalue weighted by atomic mass is 16.4. The Morgan fingerprint density at radius 1 is 0.450 bits per heavy atom. The summed E-state index contributed by atoms with van der Waals surface area (Å²) in [4.78, 5) is 19.4. The summed E-state index contributed by atoms with van der Waals surface area (Å²) in [5.74, 6) is 1.81. The van der Waals surface area contributed by atoms with Crippen molar-refractivity contribution in [2.24, 2.45) is 0 Å². The Labute approximate surface area is 229 Å². The summed E-state index contributed by atoms with van der Waals surface area (Å²) in [6.07, 6.45) is 0. The fourth-order valence-electron chi connectivity index (χ4n) is 5.21. The fourth-order valence-corrected chi connectivity index (χ4v) is 5.21. The molecule has 0 bridgehead atoms. The van der Waals surface area contributed by atoms with Crippen LogP contribution in [0.4, 0.5) is 0 Å². The van der Waals surface area contributed by atoms with Gasteiger partial charge in [-0.1, -0.05) is 97.1 Å². The van der Waals surface area contributed by atoms with Gasteiger partial charge in [-0.15, -0.1) is 0 Å². The number of hydrogen-bond acceptors (Lipinski definition) is 5. The van der Waals surface area contributed by atoms with Crippen molar-refractivity contribution >= 4 is 32.9 Å². The number of fused-ring (bicyclic) bond motifs is 4. The van der Waals surface area contributed by atoms with Gasteiger partial charge in [-0.2, -0.15) is 4.98 Å². The molecule has 0 fully saturated rings. The van der Waals surface area contributed by atoms with Gasteiger partial charge in [-0.3, -0.25) is 4.57 Å². The van der Waals surface area contributed by atoms with Crippen molar-refractivity contribution in [3.63, 3.8) is 0 Å². The van der Waals surface area contributed by atoms with Crippen molar-refractivity contribution in [1.29, 1.82) is 0 Å². The first-order valence-electron chi connectivity index (χ1n) is 13.1. The van der Waals surface area contributed by atoms with E-state index in [0.717, 1.165) is 44.0 Å². The van der Waals surface area contributed by atoms with E-state index in [4.69, 9.17) is 24.4 Å². The Balaban J connectivity index is 1.29. The molecular formula is C34H21N5O. The summed E-state index contributed by atoms with van der Waals surface area (Å²) in [6.45, 7) is 0. The van der Waals surface area contributed by atoms with E-state index in [-0.39, 0.29) is 0 Å². The maximum atomic E-state index is 6.40. The first-order valence-corrected chi connectivity index (χ1v) is 13.1. The Hall–Kier alpha value is -5.62. The normalized spacial score (nSPS) is 11.5. The molecule has 0 amide bonds.